The topological polar surface area (TPSA) is 87.2 Å². The van der Waals surface area contributed by atoms with E-state index in [1.807, 2.05) is 29.2 Å². The number of likely N-dealkylation sites (tertiary alicyclic amines) is 1. The maximum Gasteiger partial charge on any atom is 0.253 e. The summed E-state index contributed by atoms with van der Waals surface area (Å²) in [7, 11) is 0. The summed E-state index contributed by atoms with van der Waals surface area (Å²) in [6.07, 6.45) is 3.83. The lowest BCUT2D eigenvalue weighted by Crippen LogP contribution is -2.31. The third-order valence-electron chi connectivity index (χ3n) is 4.88. The second-order valence-corrected chi connectivity index (χ2v) is 6.90. The molecule has 0 radical (unpaired) electrons. The van der Waals surface area contributed by atoms with E-state index in [0.29, 0.717) is 30.3 Å². The molecule has 1 fully saturated rings. The molecule has 2 heterocycles. The molecule has 1 aliphatic heterocycles. The number of aromatic nitrogens is 2. The number of nitrogens with zero attached hydrogens (tertiary/aromatic N) is 3. The van der Waals surface area contributed by atoms with E-state index in [9.17, 15) is 9.59 Å². The van der Waals surface area contributed by atoms with Gasteiger partial charge in [0.25, 0.3) is 5.91 Å². The van der Waals surface area contributed by atoms with Gasteiger partial charge in [0, 0.05) is 42.0 Å². The van der Waals surface area contributed by atoms with E-state index in [4.69, 9.17) is 0 Å². The molecule has 1 aromatic heterocycles. The molecule has 2 amide bonds. The molecule has 0 aliphatic carbocycles. The largest absolute Gasteiger partial charge is 0.350 e. The minimum atomic E-state index is -0.284. The highest BCUT2D eigenvalue weighted by atomic mass is 16.2. The molecule has 7 heteroatoms. The Bertz CT molecular complexity index is 1060. The van der Waals surface area contributed by atoms with Crippen molar-refractivity contribution in [2.24, 2.45) is 0 Å². The van der Waals surface area contributed by atoms with Gasteiger partial charge < -0.3 is 15.5 Å². The number of benzene rings is 2. The summed E-state index contributed by atoms with van der Waals surface area (Å²) in [5.41, 5.74) is 2.10. The zero-order chi connectivity index (χ0) is 20.2. The van der Waals surface area contributed by atoms with Crippen LogP contribution in [-0.2, 0) is 4.79 Å². The Kier molecular flexibility index (Phi) is 5.20. The van der Waals surface area contributed by atoms with Gasteiger partial charge in [0.15, 0.2) is 0 Å². The Balaban J connectivity index is 1.37. The molecular weight excluding hydrogens is 366 g/mol. The van der Waals surface area contributed by atoms with Gasteiger partial charge in [-0.3, -0.25) is 9.59 Å². The van der Waals surface area contributed by atoms with Crippen LogP contribution in [0.25, 0.3) is 10.9 Å². The van der Waals surface area contributed by atoms with Crippen molar-refractivity contribution in [2.75, 3.05) is 23.7 Å². The number of para-hydroxylation sites is 1. The van der Waals surface area contributed by atoms with Gasteiger partial charge in [-0.15, -0.1) is 0 Å². The van der Waals surface area contributed by atoms with Gasteiger partial charge in [0.2, 0.25) is 11.9 Å². The van der Waals surface area contributed by atoms with E-state index in [0.717, 1.165) is 17.3 Å². The first kappa shape index (κ1) is 18.6. The van der Waals surface area contributed by atoms with Crippen molar-refractivity contribution < 1.29 is 9.59 Å². The maximum atomic E-state index is 12.8. The number of hydrogen-bond donors (Lipinski definition) is 2. The SMILES string of the molecule is C=CC(=O)Nc1ccc(C(=O)N2CC[C@H](Nc3ncc4ccccc4n3)C2)cc1. The minimum Gasteiger partial charge on any atom is -0.350 e. The number of anilines is 2. The summed E-state index contributed by atoms with van der Waals surface area (Å²) in [5, 5.41) is 7.00. The van der Waals surface area contributed by atoms with Gasteiger partial charge in [-0.25, -0.2) is 9.97 Å². The van der Waals surface area contributed by atoms with Crippen LogP contribution in [0.15, 0.2) is 67.4 Å². The summed E-state index contributed by atoms with van der Waals surface area (Å²) in [6.45, 7) is 4.67. The average Bonchev–Trinajstić information content (AvgIpc) is 3.22. The first-order valence-electron chi connectivity index (χ1n) is 9.43. The van der Waals surface area contributed by atoms with Crippen LogP contribution >= 0.6 is 0 Å². The Hall–Kier alpha value is -3.74. The van der Waals surface area contributed by atoms with E-state index in [1.165, 1.54) is 6.08 Å². The minimum absolute atomic E-state index is 0.0321. The lowest BCUT2D eigenvalue weighted by Gasteiger charge is -2.17. The molecule has 7 nitrogen and oxygen atoms in total. The Labute approximate surface area is 168 Å². The van der Waals surface area contributed by atoms with E-state index in [1.54, 1.807) is 30.5 Å². The molecule has 4 rings (SSSR count). The highest BCUT2D eigenvalue weighted by molar-refractivity contribution is 5.99. The van der Waals surface area contributed by atoms with Crippen LogP contribution in [0, 0.1) is 0 Å². The molecule has 1 atom stereocenters. The summed E-state index contributed by atoms with van der Waals surface area (Å²) >= 11 is 0. The molecule has 2 aromatic carbocycles. The Morgan fingerprint density at radius 3 is 2.72 bits per heavy atom. The maximum absolute atomic E-state index is 12.8. The summed E-state index contributed by atoms with van der Waals surface area (Å²) in [4.78, 5) is 34.8. The molecule has 3 aromatic rings. The van der Waals surface area contributed by atoms with Crippen LogP contribution in [0.2, 0.25) is 0 Å². The van der Waals surface area contributed by atoms with Crippen molar-refractivity contribution in [1.82, 2.24) is 14.9 Å². The van der Waals surface area contributed by atoms with E-state index >= 15 is 0 Å². The number of fused-ring (bicyclic) bond motifs is 1. The van der Waals surface area contributed by atoms with Gasteiger partial charge in [-0.2, -0.15) is 0 Å². The van der Waals surface area contributed by atoms with E-state index < -0.39 is 0 Å². The fourth-order valence-corrected chi connectivity index (χ4v) is 3.36. The molecule has 2 N–H and O–H groups in total. The Morgan fingerprint density at radius 1 is 1.14 bits per heavy atom. The van der Waals surface area contributed by atoms with Crippen LogP contribution in [0.4, 0.5) is 11.6 Å². The van der Waals surface area contributed by atoms with Crippen LogP contribution in [-0.4, -0.2) is 45.8 Å². The lowest BCUT2D eigenvalue weighted by molar-refractivity contribution is -0.111. The van der Waals surface area contributed by atoms with Crippen molar-refractivity contribution in [3.8, 4) is 0 Å². The van der Waals surface area contributed by atoms with Crippen LogP contribution < -0.4 is 10.6 Å². The lowest BCUT2D eigenvalue weighted by atomic mass is 10.2. The average molecular weight is 387 g/mol. The molecule has 0 spiro atoms. The molecule has 146 valence electrons. The summed E-state index contributed by atoms with van der Waals surface area (Å²) < 4.78 is 0. The molecule has 1 aliphatic rings. The van der Waals surface area contributed by atoms with Crippen molar-refractivity contribution in [3.63, 3.8) is 0 Å². The highest BCUT2D eigenvalue weighted by Crippen LogP contribution is 2.19. The third kappa shape index (κ3) is 4.24. The van der Waals surface area contributed by atoms with E-state index in [2.05, 4.69) is 27.2 Å². The van der Waals surface area contributed by atoms with Crippen LogP contribution in [0.1, 0.15) is 16.8 Å². The number of hydrogen-bond acceptors (Lipinski definition) is 5. The molecular formula is C22H21N5O2. The molecule has 0 unspecified atom stereocenters. The van der Waals surface area contributed by atoms with Gasteiger partial charge >= 0.3 is 0 Å². The number of carbonyl (C=O) groups excluding carboxylic acids is 2. The standard InChI is InChI=1S/C22H21N5O2/c1-2-20(28)24-17-9-7-15(8-10-17)21(29)27-12-11-18(14-27)25-22-23-13-16-5-3-4-6-19(16)26-22/h2-10,13,18H,1,11-12,14H2,(H,24,28)(H,23,25,26)/t18-/m0/s1. The van der Waals surface area contributed by atoms with Gasteiger partial charge in [0.05, 0.1) is 5.52 Å². The first-order valence-corrected chi connectivity index (χ1v) is 9.43. The highest BCUT2D eigenvalue weighted by Gasteiger charge is 2.27. The van der Waals surface area contributed by atoms with Crippen molar-refractivity contribution in [3.05, 3.63) is 72.9 Å². The fraction of sp³-hybridized carbons (Fsp3) is 0.182. The monoisotopic (exact) mass is 387 g/mol. The quantitative estimate of drug-likeness (QED) is 0.657. The smallest absolute Gasteiger partial charge is 0.253 e. The second-order valence-electron chi connectivity index (χ2n) is 6.90. The van der Waals surface area contributed by atoms with Crippen LogP contribution in [0.5, 0.6) is 0 Å². The summed E-state index contributed by atoms with van der Waals surface area (Å²) in [5.74, 6) is 0.258. The zero-order valence-electron chi connectivity index (χ0n) is 15.8. The predicted octanol–water partition coefficient (Wildman–Crippen LogP) is 3.08. The van der Waals surface area contributed by atoms with Crippen molar-refractivity contribution >= 4 is 34.4 Å². The number of nitrogens with one attached hydrogen (secondary N) is 2. The number of carbonyl (C=O) groups is 2. The Morgan fingerprint density at radius 2 is 1.93 bits per heavy atom. The first-order chi connectivity index (χ1) is 14.1. The second kappa shape index (κ2) is 8.10. The summed E-state index contributed by atoms with van der Waals surface area (Å²) in [6, 6.07) is 14.8. The fourth-order valence-electron chi connectivity index (χ4n) is 3.36. The number of rotatable bonds is 5. The van der Waals surface area contributed by atoms with Crippen molar-refractivity contribution in [2.45, 2.75) is 12.5 Å². The molecule has 1 saturated heterocycles. The predicted molar refractivity (Wildman–Crippen MR) is 113 cm³/mol. The van der Waals surface area contributed by atoms with E-state index in [-0.39, 0.29) is 17.9 Å². The number of amides is 2. The third-order valence-corrected chi connectivity index (χ3v) is 4.88. The molecule has 0 saturated carbocycles. The normalized spacial score (nSPS) is 15.9. The molecule has 0 bridgehead atoms. The van der Waals surface area contributed by atoms with Gasteiger partial charge in [-0.1, -0.05) is 24.8 Å². The van der Waals surface area contributed by atoms with Gasteiger partial charge in [-0.05, 0) is 42.8 Å². The zero-order valence-corrected chi connectivity index (χ0v) is 15.8. The van der Waals surface area contributed by atoms with Crippen molar-refractivity contribution in [1.29, 1.82) is 0 Å². The van der Waals surface area contributed by atoms with Crippen LogP contribution in [0.3, 0.4) is 0 Å². The molecule has 29 heavy (non-hydrogen) atoms. The van der Waals surface area contributed by atoms with Gasteiger partial charge in [0.1, 0.15) is 0 Å².